The molecule has 94 valence electrons. The smallest absolute Gasteiger partial charge is 0.210 e. The fraction of sp³-hybridized carbons (Fsp3) is 0.300. The molecule has 0 unspecified atom stereocenters. The number of hydrazine groups is 1. The van der Waals surface area contributed by atoms with Gasteiger partial charge in [-0.3, -0.25) is 5.43 Å². The second-order valence-electron chi connectivity index (χ2n) is 3.12. The molecule has 4 N–H and O–H groups in total. The van der Waals surface area contributed by atoms with Gasteiger partial charge in [0.2, 0.25) is 5.96 Å². The van der Waals surface area contributed by atoms with E-state index in [1.54, 1.807) is 13.2 Å². The average molecular weight is 322 g/mol. The van der Waals surface area contributed by atoms with Gasteiger partial charge in [0.1, 0.15) is 0 Å². The number of aliphatic imine (C=N–C) groups is 1. The monoisotopic (exact) mass is 320 g/mol. The lowest BCUT2D eigenvalue weighted by molar-refractivity contribution is 0.208. The van der Waals surface area contributed by atoms with E-state index in [9.17, 15) is 0 Å². The van der Waals surface area contributed by atoms with Gasteiger partial charge in [-0.1, -0.05) is 11.6 Å². The fourth-order valence-corrected chi connectivity index (χ4v) is 1.58. The molecule has 1 rings (SSSR count). The zero-order valence-corrected chi connectivity index (χ0v) is 11.7. The van der Waals surface area contributed by atoms with E-state index in [0.29, 0.717) is 24.1 Å². The van der Waals surface area contributed by atoms with E-state index in [4.69, 9.17) is 22.2 Å². The van der Waals surface area contributed by atoms with Crippen LogP contribution < -0.4 is 16.6 Å². The van der Waals surface area contributed by atoms with Crippen LogP contribution >= 0.6 is 27.5 Å². The Morgan fingerprint density at radius 1 is 1.59 bits per heavy atom. The van der Waals surface area contributed by atoms with Crippen molar-refractivity contribution in [3.05, 3.63) is 27.7 Å². The third kappa shape index (κ3) is 4.91. The molecule has 0 bridgehead atoms. The number of nitrogens with one attached hydrogen (secondary N) is 2. The number of guanidine groups is 1. The molecular weight excluding hydrogens is 307 g/mol. The molecule has 0 saturated heterocycles. The number of ether oxygens (including phenoxy) is 1. The number of benzene rings is 1. The number of rotatable bonds is 4. The lowest BCUT2D eigenvalue weighted by atomic mass is 10.3. The van der Waals surface area contributed by atoms with Gasteiger partial charge in [-0.05, 0) is 34.1 Å². The van der Waals surface area contributed by atoms with Gasteiger partial charge >= 0.3 is 0 Å². The van der Waals surface area contributed by atoms with E-state index in [1.807, 2.05) is 12.1 Å². The summed E-state index contributed by atoms with van der Waals surface area (Å²) in [6.07, 6.45) is 0. The zero-order chi connectivity index (χ0) is 12.7. The summed E-state index contributed by atoms with van der Waals surface area (Å²) in [6, 6.07) is 5.44. The fourth-order valence-electron chi connectivity index (χ4n) is 1.08. The molecule has 7 heteroatoms. The molecule has 0 saturated carbocycles. The summed E-state index contributed by atoms with van der Waals surface area (Å²) in [7, 11) is 1.62. The minimum absolute atomic E-state index is 0.469. The Morgan fingerprint density at radius 3 is 2.94 bits per heavy atom. The largest absolute Gasteiger partial charge is 0.383 e. The highest BCUT2D eigenvalue weighted by atomic mass is 79.9. The van der Waals surface area contributed by atoms with E-state index in [2.05, 4.69) is 31.7 Å². The van der Waals surface area contributed by atoms with E-state index in [0.717, 1.165) is 10.2 Å². The van der Waals surface area contributed by atoms with Gasteiger partial charge in [0.05, 0.1) is 18.2 Å². The van der Waals surface area contributed by atoms with Gasteiger partial charge in [-0.2, -0.15) is 0 Å². The van der Waals surface area contributed by atoms with Crippen LogP contribution in [0.4, 0.5) is 5.69 Å². The summed E-state index contributed by atoms with van der Waals surface area (Å²) in [5.41, 5.74) is 3.31. The number of hydrogen-bond donors (Lipinski definition) is 3. The lowest BCUT2D eigenvalue weighted by Crippen LogP contribution is -2.36. The van der Waals surface area contributed by atoms with E-state index < -0.39 is 0 Å². The number of nitrogens with two attached hydrogens (primary N) is 1. The molecule has 1 aromatic rings. The van der Waals surface area contributed by atoms with Crippen LogP contribution in [0.25, 0.3) is 0 Å². The molecule has 0 aliphatic carbocycles. The highest BCUT2D eigenvalue weighted by Gasteiger charge is 2.01. The van der Waals surface area contributed by atoms with Crippen molar-refractivity contribution in [1.82, 2.24) is 5.43 Å². The molecule has 0 atom stereocenters. The Bertz CT molecular complexity index is 400. The maximum Gasteiger partial charge on any atom is 0.210 e. The Labute approximate surface area is 113 Å². The molecule has 0 aliphatic rings. The first kappa shape index (κ1) is 14.2. The van der Waals surface area contributed by atoms with Crippen LogP contribution in [0.5, 0.6) is 0 Å². The van der Waals surface area contributed by atoms with Crippen LogP contribution in [0.15, 0.2) is 27.7 Å². The van der Waals surface area contributed by atoms with Crippen molar-refractivity contribution >= 4 is 39.2 Å². The summed E-state index contributed by atoms with van der Waals surface area (Å²) < 4.78 is 5.70. The second-order valence-corrected chi connectivity index (χ2v) is 4.38. The van der Waals surface area contributed by atoms with E-state index in [-0.39, 0.29) is 0 Å². The molecule has 0 fully saturated rings. The predicted molar refractivity (Wildman–Crippen MR) is 74.3 cm³/mol. The molecule has 0 radical (unpaired) electrons. The Morgan fingerprint density at radius 2 is 2.35 bits per heavy atom. The molecule has 0 spiro atoms. The van der Waals surface area contributed by atoms with Crippen molar-refractivity contribution in [3.8, 4) is 0 Å². The minimum Gasteiger partial charge on any atom is -0.383 e. The van der Waals surface area contributed by atoms with E-state index in [1.165, 1.54) is 0 Å². The third-order valence-electron chi connectivity index (χ3n) is 1.88. The zero-order valence-electron chi connectivity index (χ0n) is 9.34. The van der Waals surface area contributed by atoms with Gasteiger partial charge in [0.15, 0.2) is 0 Å². The molecule has 0 aromatic heterocycles. The highest BCUT2D eigenvalue weighted by molar-refractivity contribution is 9.10. The summed E-state index contributed by atoms with van der Waals surface area (Å²) in [5, 5.41) is 3.67. The number of nitrogens with zero attached hydrogens (tertiary/aromatic N) is 1. The standard InChI is InChI=1S/C10H14BrClN4O/c1-17-5-4-14-10(16-13)15-7-2-3-9(12)8(11)6-7/h2-3,6H,4-5,13H2,1H3,(H2,14,15,16). The Hall–Kier alpha value is -0.820. The van der Waals surface area contributed by atoms with Gasteiger partial charge in [0.25, 0.3) is 0 Å². The first-order valence-corrected chi connectivity index (χ1v) is 6.06. The maximum atomic E-state index is 5.89. The molecule has 17 heavy (non-hydrogen) atoms. The first-order valence-electron chi connectivity index (χ1n) is 4.89. The third-order valence-corrected chi connectivity index (χ3v) is 3.10. The van der Waals surface area contributed by atoms with Crippen molar-refractivity contribution in [2.45, 2.75) is 0 Å². The topological polar surface area (TPSA) is 71.7 Å². The van der Waals surface area contributed by atoms with Crippen LogP contribution in [-0.2, 0) is 4.74 Å². The highest BCUT2D eigenvalue weighted by Crippen LogP contribution is 2.25. The van der Waals surface area contributed by atoms with E-state index >= 15 is 0 Å². The summed E-state index contributed by atoms with van der Waals surface area (Å²) in [6.45, 7) is 1.06. The number of methoxy groups -OCH3 is 1. The molecular formula is C10H14BrClN4O. The number of halogens is 2. The van der Waals surface area contributed by atoms with Crippen LogP contribution in [0.2, 0.25) is 5.02 Å². The van der Waals surface area contributed by atoms with Gasteiger partial charge in [-0.15, -0.1) is 0 Å². The van der Waals surface area contributed by atoms with Gasteiger partial charge in [-0.25, -0.2) is 10.8 Å². The average Bonchev–Trinajstić information content (AvgIpc) is 2.32. The van der Waals surface area contributed by atoms with Crippen molar-refractivity contribution in [3.63, 3.8) is 0 Å². The van der Waals surface area contributed by atoms with Gasteiger partial charge in [0, 0.05) is 17.3 Å². The van der Waals surface area contributed by atoms with Crippen molar-refractivity contribution in [2.75, 3.05) is 25.6 Å². The molecule has 1 aromatic carbocycles. The SMILES string of the molecule is COCCN=C(NN)Nc1ccc(Cl)c(Br)c1. The number of anilines is 1. The summed E-state index contributed by atoms with van der Waals surface area (Å²) in [5.74, 6) is 5.82. The summed E-state index contributed by atoms with van der Waals surface area (Å²) in [4.78, 5) is 4.18. The first-order chi connectivity index (χ1) is 8.17. The quantitative estimate of drug-likeness (QED) is 0.261. The van der Waals surface area contributed by atoms with Crippen LogP contribution in [0, 0.1) is 0 Å². The minimum atomic E-state index is 0.469. The second kappa shape index (κ2) is 7.50. The van der Waals surface area contributed by atoms with Gasteiger partial charge < -0.3 is 10.1 Å². The van der Waals surface area contributed by atoms with Crippen molar-refractivity contribution < 1.29 is 4.74 Å². The maximum absolute atomic E-state index is 5.89. The van der Waals surface area contributed by atoms with Crippen LogP contribution in [0.1, 0.15) is 0 Å². The lowest BCUT2D eigenvalue weighted by Gasteiger charge is -2.09. The van der Waals surface area contributed by atoms with Crippen LogP contribution in [-0.4, -0.2) is 26.2 Å². The summed E-state index contributed by atoms with van der Waals surface area (Å²) >= 11 is 9.23. The normalized spacial score (nSPS) is 11.4. The molecule has 0 amide bonds. The van der Waals surface area contributed by atoms with Crippen molar-refractivity contribution in [2.24, 2.45) is 10.8 Å². The predicted octanol–water partition coefficient (Wildman–Crippen LogP) is 1.98. The number of hydrogen-bond acceptors (Lipinski definition) is 3. The van der Waals surface area contributed by atoms with Crippen molar-refractivity contribution in [1.29, 1.82) is 0 Å². The molecule has 0 aliphatic heterocycles. The molecule has 0 heterocycles. The molecule has 5 nitrogen and oxygen atoms in total. The van der Waals surface area contributed by atoms with Crippen LogP contribution in [0.3, 0.4) is 0 Å². The Balaban J connectivity index is 2.67. The Kier molecular flexibility index (Phi) is 6.28.